The van der Waals surface area contributed by atoms with E-state index in [1.807, 2.05) is 12.1 Å². The van der Waals surface area contributed by atoms with Gasteiger partial charge in [-0.05, 0) is 43.4 Å². The number of benzene rings is 1. The Labute approximate surface area is 136 Å². The van der Waals surface area contributed by atoms with Crippen molar-refractivity contribution in [2.45, 2.75) is 45.8 Å². The van der Waals surface area contributed by atoms with Crippen LogP contribution in [0.2, 0.25) is 0 Å². The van der Waals surface area contributed by atoms with Gasteiger partial charge in [0.2, 0.25) is 0 Å². The molecule has 0 amide bonds. The van der Waals surface area contributed by atoms with Crippen LogP contribution >= 0.6 is 15.9 Å². The number of rotatable bonds is 8. The quantitative estimate of drug-likeness (QED) is 0.759. The SMILES string of the molecule is CCCOc1ccc(Br)cc1CNCC1CCOC1CC. The average molecular weight is 356 g/mol. The van der Waals surface area contributed by atoms with Crippen molar-refractivity contribution in [1.82, 2.24) is 5.32 Å². The van der Waals surface area contributed by atoms with Crippen LogP contribution in [0.5, 0.6) is 5.75 Å². The molecule has 0 aromatic heterocycles. The molecule has 0 spiro atoms. The summed E-state index contributed by atoms with van der Waals surface area (Å²) in [6.07, 6.45) is 3.73. The molecule has 0 saturated carbocycles. The fraction of sp³-hybridized carbons (Fsp3) is 0.647. The Bertz CT molecular complexity index is 439. The lowest BCUT2D eigenvalue weighted by Gasteiger charge is -2.18. The third-order valence-electron chi connectivity index (χ3n) is 3.95. The van der Waals surface area contributed by atoms with Crippen LogP contribution in [0.3, 0.4) is 0 Å². The first kappa shape index (κ1) is 16.8. The van der Waals surface area contributed by atoms with Gasteiger partial charge in [-0.2, -0.15) is 0 Å². The van der Waals surface area contributed by atoms with Crippen molar-refractivity contribution in [2.24, 2.45) is 5.92 Å². The molecule has 1 heterocycles. The van der Waals surface area contributed by atoms with Crippen molar-refractivity contribution in [3.63, 3.8) is 0 Å². The highest BCUT2D eigenvalue weighted by Crippen LogP contribution is 2.25. The van der Waals surface area contributed by atoms with Crippen LogP contribution in [0.1, 0.15) is 38.7 Å². The van der Waals surface area contributed by atoms with E-state index in [1.165, 1.54) is 12.0 Å². The van der Waals surface area contributed by atoms with Gasteiger partial charge in [-0.15, -0.1) is 0 Å². The Morgan fingerprint density at radius 3 is 3.00 bits per heavy atom. The van der Waals surface area contributed by atoms with Gasteiger partial charge in [-0.25, -0.2) is 0 Å². The Hall–Kier alpha value is -0.580. The Morgan fingerprint density at radius 2 is 2.24 bits per heavy atom. The molecule has 1 aromatic rings. The molecular formula is C17H26BrNO2. The summed E-state index contributed by atoms with van der Waals surface area (Å²) in [5.74, 6) is 1.63. The highest BCUT2D eigenvalue weighted by molar-refractivity contribution is 9.10. The minimum Gasteiger partial charge on any atom is -0.493 e. The molecule has 21 heavy (non-hydrogen) atoms. The van der Waals surface area contributed by atoms with Gasteiger partial charge in [0.15, 0.2) is 0 Å². The molecule has 1 fully saturated rings. The lowest BCUT2D eigenvalue weighted by Crippen LogP contribution is -2.28. The molecule has 2 unspecified atom stereocenters. The Kier molecular flexibility index (Phi) is 7.00. The summed E-state index contributed by atoms with van der Waals surface area (Å²) in [6, 6.07) is 6.22. The Morgan fingerprint density at radius 1 is 1.38 bits per heavy atom. The predicted molar refractivity (Wildman–Crippen MR) is 89.8 cm³/mol. The largest absolute Gasteiger partial charge is 0.493 e. The molecule has 118 valence electrons. The van der Waals surface area contributed by atoms with E-state index >= 15 is 0 Å². The second kappa shape index (κ2) is 8.76. The zero-order valence-electron chi connectivity index (χ0n) is 13.0. The Balaban J connectivity index is 1.88. The first-order valence-electron chi connectivity index (χ1n) is 7.98. The van der Waals surface area contributed by atoms with E-state index in [0.717, 1.165) is 49.4 Å². The molecule has 1 aliphatic rings. The van der Waals surface area contributed by atoms with Crippen molar-refractivity contribution in [3.05, 3.63) is 28.2 Å². The molecule has 1 aliphatic heterocycles. The lowest BCUT2D eigenvalue weighted by atomic mass is 9.99. The fourth-order valence-electron chi connectivity index (χ4n) is 2.81. The van der Waals surface area contributed by atoms with Crippen LogP contribution < -0.4 is 10.1 Å². The molecule has 1 N–H and O–H groups in total. The second-order valence-electron chi connectivity index (χ2n) is 5.60. The molecule has 4 heteroatoms. The van der Waals surface area contributed by atoms with E-state index in [-0.39, 0.29) is 0 Å². The van der Waals surface area contributed by atoms with Crippen LogP contribution in [0.4, 0.5) is 0 Å². The predicted octanol–water partition coefficient (Wildman–Crippen LogP) is 4.14. The zero-order valence-corrected chi connectivity index (χ0v) is 14.6. The normalized spacial score (nSPS) is 21.7. The molecular weight excluding hydrogens is 330 g/mol. The van der Waals surface area contributed by atoms with Crippen LogP contribution in [0.15, 0.2) is 22.7 Å². The molecule has 2 rings (SSSR count). The number of nitrogens with one attached hydrogen (secondary N) is 1. The number of halogens is 1. The van der Waals surface area contributed by atoms with Gasteiger partial charge < -0.3 is 14.8 Å². The van der Waals surface area contributed by atoms with Crippen LogP contribution in [-0.4, -0.2) is 25.9 Å². The summed E-state index contributed by atoms with van der Waals surface area (Å²) in [5, 5.41) is 3.57. The maximum Gasteiger partial charge on any atom is 0.123 e. The first-order valence-corrected chi connectivity index (χ1v) is 8.77. The van der Waals surface area contributed by atoms with Crippen LogP contribution in [0, 0.1) is 5.92 Å². The van der Waals surface area contributed by atoms with E-state index in [0.29, 0.717) is 12.0 Å². The summed E-state index contributed by atoms with van der Waals surface area (Å²) < 4.78 is 12.7. The van der Waals surface area contributed by atoms with Crippen molar-refractivity contribution in [2.75, 3.05) is 19.8 Å². The second-order valence-corrected chi connectivity index (χ2v) is 6.51. The van der Waals surface area contributed by atoms with E-state index in [9.17, 15) is 0 Å². The van der Waals surface area contributed by atoms with Gasteiger partial charge >= 0.3 is 0 Å². The summed E-state index contributed by atoms with van der Waals surface area (Å²) in [7, 11) is 0. The fourth-order valence-corrected chi connectivity index (χ4v) is 3.22. The highest BCUT2D eigenvalue weighted by atomic mass is 79.9. The monoisotopic (exact) mass is 355 g/mol. The minimum absolute atomic E-state index is 0.427. The van der Waals surface area contributed by atoms with Gasteiger partial charge in [0.25, 0.3) is 0 Å². The van der Waals surface area contributed by atoms with Crippen LogP contribution in [0.25, 0.3) is 0 Å². The molecule has 2 atom stereocenters. The summed E-state index contributed by atoms with van der Waals surface area (Å²) >= 11 is 3.54. The van der Waals surface area contributed by atoms with Crippen molar-refractivity contribution >= 4 is 15.9 Å². The smallest absolute Gasteiger partial charge is 0.123 e. The summed E-state index contributed by atoms with van der Waals surface area (Å²) in [5.41, 5.74) is 1.21. The first-order chi connectivity index (χ1) is 10.2. The molecule has 3 nitrogen and oxygen atoms in total. The highest BCUT2D eigenvalue weighted by Gasteiger charge is 2.26. The number of ether oxygens (including phenoxy) is 2. The third-order valence-corrected chi connectivity index (χ3v) is 4.45. The van der Waals surface area contributed by atoms with Crippen molar-refractivity contribution < 1.29 is 9.47 Å². The van der Waals surface area contributed by atoms with Crippen molar-refractivity contribution in [3.8, 4) is 5.75 Å². The number of hydrogen-bond donors (Lipinski definition) is 1. The maximum absolute atomic E-state index is 5.82. The molecule has 1 aromatic carbocycles. The zero-order chi connectivity index (χ0) is 15.1. The van der Waals surface area contributed by atoms with E-state index in [1.54, 1.807) is 0 Å². The molecule has 0 aliphatic carbocycles. The number of hydrogen-bond acceptors (Lipinski definition) is 3. The van der Waals surface area contributed by atoms with E-state index in [2.05, 4.69) is 41.2 Å². The average Bonchev–Trinajstić information content (AvgIpc) is 2.94. The van der Waals surface area contributed by atoms with Gasteiger partial charge in [-0.1, -0.05) is 29.8 Å². The van der Waals surface area contributed by atoms with Crippen molar-refractivity contribution in [1.29, 1.82) is 0 Å². The molecule has 0 bridgehead atoms. The third kappa shape index (κ3) is 4.97. The molecule has 0 radical (unpaired) electrons. The standard InChI is InChI=1S/C17H26BrNO2/c1-3-8-20-17-6-5-15(18)10-14(17)12-19-11-13-7-9-21-16(13)4-2/h5-6,10,13,16,19H,3-4,7-9,11-12H2,1-2H3. The summed E-state index contributed by atoms with van der Waals surface area (Å²) in [4.78, 5) is 0. The van der Waals surface area contributed by atoms with Gasteiger partial charge in [0.05, 0.1) is 12.7 Å². The van der Waals surface area contributed by atoms with E-state index in [4.69, 9.17) is 9.47 Å². The van der Waals surface area contributed by atoms with Crippen LogP contribution in [-0.2, 0) is 11.3 Å². The molecule has 1 saturated heterocycles. The van der Waals surface area contributed by atoms with Gasteiger partial charge in [0.1, 0.15) is 5.75 Å². The lowest BCUT2D eigenvalue weighted by molar-refractivity contribution is 0.0872. The van der Waals surface area contributed by atoms with Gasteiger partial charge in [-0.3, -0.25) is 0 Å². The minimum atomic E-state index is 0.427. The summed E-state index contributed by atoms with van der Waals surface area (Å²) in [6.45, 7) is 7.86. The maximum atomic E-state index is 5.82. The van der Waals surface area contributed by atoms with E-state index < -0.39 is 0 Å². The topological polar surface area (TPSA) is 30.5 Å². The van der Waals surface area contributed by atoms with Gasteiger partial charge in [0, 0.05) is 29.7 Å².